The zero-order chi connectivity index (χ0) is 18.4. The van der Waals surface area contributed by atoms with Crippen LogP contribution < -0.4 is 10.6 Å². The fourth-order valence-corrected chi connectivity index (χ4v) is 3.47. The highest BCUT2D eigenvalue weighted by molar-refractivity contribution is 7.10. The summed E-state index contributed by atoms with van der Waals surface area (Å²) in [6.45, 7) is 7.76. The Hall–Kier alpha value is -2.14. The monoisotopic (exact) mass is 358 g/mol. The van der Waals surface area contributed by atoms with Crippen LogP contribution in [0.4, 0.5) is 0 Å². The first-order chi connectivity index (χ1) is 11.9. The molecule has 0 saturated carbocycles. The molecule has 0 spiro atoms. The predicted molar refractivity (Wildman–Crippen MR) is 103 cm³/mol. The molecule has 2 rings (SSSR count). The van der Waals surface area contributed by atoms with Gasteiger partial charge in [-0.1, -0.05) is 44.2 Å². The van der Waals surface area contributed by atoms with E-state index >= 15 is 0 Å². The van der Waals surface area contributed by atoms with E-state index in [9.17, 15) is 9.59 Å². The maximum Gasteiger partial charge on any atom is 0.222 e. The molecule has 0 unspecified atom stereocenters. The molecule has 1 aromatic carbocycles. The molecule has 25 heavy (non-hydrogen) atoms. The molecule has 2 atom stereocenters. The number of hydrogen-bond donors (Lipinski definition) is 2. The van der Waals surface area contributed by atoms with Crippen LogP contribution in [-0.4, -0.2) is 11.8 Å². The Bertz CT molecular complexity index is 693. The van der Waals surface area contributed by atoms with Gasteiger partial charge in [-0.3, -0.25) is 9.59 Å². The predicted octanol–water partition coefficient (Wildman–Crippen LogP) is 4.32. The van der Waals surface area contributed by atoms with Gasteiger partial charge in [-0.05, 0) is 35.4 Å². The SMILES string of the molecule is CC(=O)N[C@H](CC(=O)N[C@H](C)c1ccc(C(C)C)cc1)c1cccs1. The molecular weight excluding hydrogens is 332 g/mol. The molecule has 0 aliphatic rings. The smallest absolute Gasteiger partial charge is 0.222 e. The molecule has 0 aliphatic carbocycles. The van der Waals surface area contributed by atoms with E-state index in [1.807, 2.05) is 24.4 Å². The molecule has 0 aliphatic heterocycles. The highest BCUT2D eigenvalue weighted by Gasteiger charge is 2.19. The van der Waals surface area contributed by atoms with Crippen molar-refractivity contribution in [2.45, 2.75) is 52.1 Å². The summed E-state index contributed by atoms with van der Waals surface area (Å²) in [7, 11) is 0. The van der Waals surface area contributed by atoms with E-state index in [-0.39, 0.29) is 30.3 Å². The number of amides is 2. The standard InChI is InChI=1S/C20H26N2O2S/c1-13(2)16-7-9-17(10-8-16)14(3)21-20(24)12-18(22-15(4)23)19-6-5-11-25-19/h5-11,13-14,18H,12H2,1-4H3,(H,21,24)(H,22,23)/t14-,18-/m1/s1. The zero-order valence-corrected chi connectivity index (χ0v) is 16.0. The van der Waals surface area contributed by atoms with Gasteiger partial charge in [-0.25, -0.2) is 0 Å². The summed E-state index contributed by atoms with van der Waals surface area (Å²) in [6.07, 6.45) is 0.231. The Balaban J connectivity index is 1.98. The van der Waals surface area contributed by atoms with Gasteiger partial charge in [-0.2, -0.15) is 0 Å². The molecule has 0 saturated heterocycles. The fourth-order valence-electron chi connectivity index (χ4n) is 2.70. The lowest BCUT2D eigenvalue weighted by Gasteiger charge is -2.19. The maximum atomic E-state index is 12.4. The van der Waals surface area contributed by atoms with Crippen molar-refractivity contribution >= 4 is 23.2 Å². The van der Waals surface area contributed by atoms with Gasteiger partial charge in [0, 0.05) is 11.8 Å². The Morgan fingerprint density at radius 1 is 1.00 bits per heavy atom. The average molecular weight is 359 g/mol. The summed E-state index contributed by atoms with van der Waals surface area (Å²) >= 11 is 1.54. The second kappa shape index (κ2) is 8.81. The molecule has 2 amide bonds. The normalized spacial score (nSPS) is 13.3. The summed E-state index contributed by atoms with van der Waals surface area (Å²) in [5.74, 6) is 0.277. The van der Waals surface area contributed by atoms with Crippen LogP contribution in [0.3, 0.4) is 0 Å². The largest absolute Gasteiger partial charge is 0.350 e. The second-order valence-electron chi connectivity index (χ2n) is 6.58. The summed E-state index contributed by atoms with van der Waals surface area (Å²) in [5.41, 5.74) is 2.36. The van der Waals surface area contributed by atoms with Gasteiger partial charge in [0.15, 0.2) is 0 Å². The summed E-state index contributed by atoms with van der Waals surface area (Å²) in [6, 6.07) is 11.8. The van der Waals surface area contributed by atoms with Crippen LogP contribution in [0.5, 0.6) is 0 Å². The first kappa shape index (κ1) is 19.2. The minimum Gasteiger partial charge on any atom is -0.350 e. The van der Waals surface area contributed by atoms with Gasteiger partial charge >= 0.3 is 0 Å². The number of carbonyl (C=O) groups is 2. The lowest BCUT2D eigenvalue weighted by atomic mass is 9.99. The second-order valence-corrected chi connectivity index (χ2v) is 7.56. The van der Waals surface area contributed by atoms with Gasteiger partial charge in [-0.15, -0.1) is 11.3 Å². The van der Waals surface area contributed by atoms with Crippen molar-refractivity contribution in [3.05, 3.63) is 57.8 Å². The minimum atomic E-state index is -0.284. The first-order valence-electron chi connectivity index (χ1n) is 8.56. The molecule has 1 aromatic heterocycles. The minimum absolute atomic E-state index is 0.0740. The summed E-state index contributed by atoms with van der Waals surface area (Å²) < 4.78 is 0. The van der Waals surface area contributed by atoms with Crippen LogP contribution in [0.15, 0.2) is 41.8 Å². The van der Waals surface area contributed by atoms with Crippen LogP contribution >= 0.6 is 11.3 Å². The molecular formula is C20H26N2O2S. The van der Waals surface area contributed by atoms with Crippen molar-refractivity contribution in [1.82, 2.24) is 10.6 Å². The van der Waals surface area contributed by atoms with Crippen molar-refractivity contribution in [3.8, 4) is 0 Å². The molecule has 2 N–H and O–H groups in total. The third-order valence-corrected chi connectivity index (χ3v) is 5.12. The van der Waals surface area contributed by atoms with E-state index in [1.54, 1.807) is 0 Å². The number of thiophene rings is 1. The van der Waals surface area contributed by atoms with E-state index in [0.717, 1.165) is 10.4 Å². The number of carbonyl (C=O) groups excluding carboxylic acids is 2. The van der Waals surface area contributed by atoms with Gasteiger partial charge in [0.25, 0.3) is 0 Å². The molecule has 1 heterocycles. The van der Waals surface area contributed by atoms with Crippen molar-refractivity contribution in [2.75, 3.05) is 0 Å². The molecule has 134 valence electrons. The Labute approximate surface area is 153 Å². The van der Waals surface area contributed by atoms with Crippen LogP contribution in [0.2, 0.25) is 0 Å². The number of nitrogens with one attached hydrogen (secondary N) is 2. The lowest BCUT2D eigenvalue weighted by Crippen LogP contribution is -2.33. The third-order valence-electron chi connectivity index (χ3n) is 4.13. The lowest BCUT2D eigenvalue weighted by molar-refractivity contribution is -0.123. The van der Waals surface area contributed by atoms with E-state index in [2.05, 4.69) is 48.7 Å². The number of hydrogen-bond acceptors (Lipinski definition) is 3. The van der Waals surface area contributed by atoms with E-state index in [0.29, 0.717) is 5.92 Å². The number of rotatable bonds is 7. The van der Waals surface area contributed by atoms with Gasteiger partial charge in [0.2, 0.25) is 11.8 Å². The molecule has 0 bridgehead atoms. The van der Waals surface area contributed by atoms with Crippen molar-refractivity contribution in [3.63, 3.8) is 0 Å². The third kappa shape index (κ3) is 5.71. The van der Waals surface area contributed by atoms with Gasteiger partial charge in [0.1, 0.15) is 0 Å². The molecule has 0 fully saturated rings. The van der Waals surface area contributed by atoms with E-state index in [4.69, 9.17) is 0 Å². The van der Waals surface area contributed by atoms with Crippen molar-refractivity contribution in [2.24, 2.45) is 0 Å². The highest BCUT2D eigenvalue weighted by Crippen LogP contribution is 2.23. The molecule has 2 aromatic rings. The zero-order valence-electron chi connectivity index (χ0n) is 15.2. The van der Waals surface area contributed by atoms with Crippen LogP contribution in [0.1, 0.15) is 68.1 Å². The Morgan fingerprint density at radius 2 is 1.64 bits per heavy atom. The fraction of sp³-hybridized carbons (Fsp3) is 0.400. The van der Waals surface area contributed by atoms with Crippen LogP contribution in [0, 0.1) is 0 Å². The Kier molecular flexibility index (Phi) is 6.76. The average Bonchev–Trinajstić information content (AvgIpc) is 3.08. The first-order valence-corrected chi connectivity index (χ1v) is 9.44. The summed E-state index contributed by atoms with van der Waals surface area (Å²) in [5, 5.41) is 7.83. The maximum absolute atomic E-state index is 12.4. The van der Waals surface area contributed by atoms with E-state index < -0.39 is 0 Å². The summed E-state index contributed by atoms with van der Waals surface area (Å²) in [4.78, 5) is 24.8. The highest BCUT2D eigenvalue weighted by atomic mass is 32.1. The molecule has 4 nitrogen and oxygen atoms in total. The molecule has 5 heteroatoms. The Morgan fingerprint density at radius 3 is 2.16 bits per heavy atom. The van der Waals surface area contributed by atoms with Crippen LogP contribution in [-0.2, 0) is 9.59 Å². The van der Waals surface area contributed by atoms with E-state index in [1.165, 1.54) is 23.8 Å². The van der Waals surface area contributed by atoms with Crippen molar-refractivity contribution < 1.29 is 9.59 Å². The van der Waals surface area contributed by atoms with Gasteiger partial charge < -0.3 is 10.6 Å². The molecule has 0 radical (unpaired) electrons. The quantitative estimate of drug-likeness (QED) is 0.774. The topological polar surface area (TPSA) is 58.2 Å². The number of benzene rings is 1. The van der Waals surface area contributed by atoms with Crippen LogP contribution in [0.25, 0.3) is 0 Å². The van der Waals surface area contributed by atoms with Gasteiger partial charge in [0.05, 0.1) is 18.5 Å². The van der Waals surface area contributed by atoms with Crippen molar-refractivity contribution in [1.29, 1.82) is 0 Å².